The van der Waals surface area contributed by atoms with Gasteiger partial charge in [0.2, 0.25) is 0 Å². The first-order chi connectivity index (χ1) is 8.72. The molecule has 98 valence electrons. The minimum atomic E-state index is 0.293. The Balaban J connectivity index is 2.70. The summed E-state index contributed by atoms with van der Waals surface area (Å²) >= 11 is 0. The molecule has 0 saturated carbocycles. The molecule has 0 aliphatic rings. The Kier molecular flexibility index (Phi) is 6.24. The number of aromatic nitrogens is 1. The van der Waals surface area contributed by atoms with E-state index < -0.39 is 0 Å². The molecule has 0 aliphatic heterocycles. The highest BCUT2D eigenvalue weighted by atomic mass is 15.1. The third-order valence-corrected chi connectivity index (χ3v) is 2.94. The van der Waals surface area contributed by atoms with Crippen molar-refractivity contribution in [1.82, 2.24) is 10.3 Å². The molecule has 0 aliphatic carbocycles. The number of nitrogens with zero attached hydrogens (tertiary/aromatic N) is 2. The highest BCUT2D eigenvalue weighted by Gasteiger charge is 2.07. The SMILES string of the molecule is C#CCN(CC)c1ccc(C(C)NCCC)nc1. The van der Waals surface area contributed by atoms with Crippen molar-refractivity contribution in [2.75, 3.05) is 24.5 Å². The van der Waals surface area contributed by atoms with Crippen molar-refractivity contribution >= 4 is 5.69 Å². The van der Waals surface area contributed by atoms with E-state index >= 15 is 0 Å². The lowest BCUT2D eigenvalue weighted by molar-refractivity contribution is 0.558. The van der Waals surface area contributed by atoms with Crippen LogP contribution in [0.15, 0.2) is 18.3 Å². The summed E-state index contributed by atoms with van der Waals surface area (Å²) in [6.45, 7) is 8.93. The summed E-state index contributed by atoms with van der Waals surface area (Å²) in [5.41, 5.74) is 2.16. The average molecular weight is 245 g/mol. The van der Waals surface area contributed by atoms with Crippen LogP contribution >= 0.6 is 0 Å². The van der Waals surface area contributed by atoms with Crippen molar-refractivity contribution in [3.8, 4) is 12.3 Å². The summed E-state index contributed by atoms with van der Waals surface area (Å²) in [5, 5.41) is 3.43. The molecular formula is C15H23N3. The second-order valence-electron chi connectivity index (χ2n) is 4.34. The molecule has 0 bridgehead atoms. The molecule has 0 radical (unpaired) electrons. The fourth-order valence-corrected chi connectivity index (χ4v) is 1.80. The van der Waals surface area contributed by atoms with Crippen molar-refractivity contribution in [3.63, 3.8) is 0 Å². The molecule has 0 spiro atoms. The molecule has 1 aromatic heterocycles. The Hall–Kier alpha value is -1.53. The number of terminal acetylenes is 1. The molecule has 0 amide bonds. The first-order valence-corrected chi connectivity index (χ1v) is 6.60. The van der Waals surface area contributed by atoms with Crippen LogP contribution in [0.2, 0.25) is 0 Å². The van der Waals surface area contributed by atoms with Crippen LogP contribution in [-0.2, 0) is 0 Å². The third kappa shape index (κ3) is 4.05. The molecule has 1 unspecified atom stereocenters. The van der Waals surface area contributed by atoms with Gasteiger partial charge in [-0.05, 0) is 38.9 Å². The van der Waals surface area contributed by atoms with Gasteiger partial charge in [-0.3, -0.25) is 4.98 Å². The minimum Gasteiger partial charge on any atom is -0.359 e. The van der Waals surface area contributed by atoms with Gasteiger partial charge in [-0.15, -0.1) is 6.42 Å². The molecule has 1 atom stereocenters. The zero-order valence-corrected chi connectivity index (χ0v) is 11.6. The van der Waals surface area contributed by atoms with E-state index in [-0.39, 0.29) is 0 Å². The average Bonchev–Trinajstić information content (AvgIpc) is 2.42. The normalized spacial score (nSPS) is 11.9. The lowest BCUT2D eigenvalue weighted by Crippen LogP contribution is -2.24. The highest BCUT2D eigenvalue weighted by molar-refractivity contribution is 5.45. The van der Waals surface area contributed by atoms with Gasteiger partial charge in [0.25, 0.3) is 0 Å². The molecular weight excluding hydrogens is 222 g/mol. The van der Waals surface area contributed by atoms with Gasteiger partial charge in [0, 0.05) is 12.6 Å². The molecule has 0 saturated heterocycles. The summed E-state index contributed by atoms with van der Waals surface area (Å²) in [5.74, 6) is 2.67. The number of hydrogen-bond acceptors (Lipinski definition) is 3. The molecule has 1 N–H and O–H groups in total. The number of nitrogens with one attached hydrogen (secondary N) is 1. The number of pyridine rings is 1. The lowest BCUT2D eigenvalue weighted by Gasteiger charge is -2.20. The zero-order chi connectivity index (χ0) is 13.4. The fourth-order valence-electron chi connectivity index (χ4n) is 1.80. The standard InChI is InChI=1S/C15H23N3/c1-5-10-16-13(4)15-9-8-14(12-17-15)18(7-3)11-6-2/h2,8-9,12-13,16H,5,7,10-11H2,1,3-4H3. The second-order valence-corrected chi connectivity index (χ2v) is 4.34. The predicted molar refractivity (Wildman–Crippen MR) is 77.7 cm³/mol. The van der Waals surface area contributed by atoms with Gasteiger partial charge in [0.15, 0.2) is 0 Å². The van der Waals surface area contributed by atoms with E-state index in [1.807, 2.05) is 6.20 Å². The lowest BCUT2D eigenvalue weighted by atomic mass is 10.2. The highest BCUT2D eigenvalue weighted by Crippen LogP contribution is 2.16. The fraction of sp³-hybridized carbons (Fsp3) is 0.533. The van der Waals surface area contributed by atoms with Crippen LogP contribution in [0.1, 0.15) is 38.9 Å². The van der Waals surface area contributed by atoms with Gasteiger partial charge < -0.3 is 10.2 Å². The van der Waals surface area contributed by atoms with Gasteiger partial charge in [0.1, 0.15) is 0 Å². The number of rotatable bonds is 7. The largest absolute Gasteiger partial charge is 0.359 e. The Bertz CT molecular complexity index is 378. The molecule has 3 nitrogen and oxygen atoms in total. The van der Waals surface area contributed by atoms with E-state index in [0.29, 0.717) is 12.6 Å². The van der Waals surface area contributed by atoms with Crippen LogP contribution in [0.3, 0.4) is 0 Å². The molecule has 18 heavy (non-hydrogen) atoms. The summed E-state index contributed by atoms with van der Waals surface area (Å²) in [7, 11) is 0. The summed E-state index contributed by atoms with van der Waals surface area (Å²) in [6.07, 6.45) is 8.39. The first kappa shape index (κ1) is 14.5. The maximum Gasteiger partial charge on any atom is 0.0792 e. The molecule has 1 aromatic rings. The smallest absolute Gasteiger partial charge is 0.0792 e. The maximum absolute atomic E-state index is 5.35. The van der Waals surface area contributed by atoms with Crippen LogP contribution < -0.4 is 10.2 Å². The van der Waals surface area contributed by atoms with Gasteiger partial charge in [-0.1, -0.05) is 12.8 Å². The summed E-state index contributed by atoms with van der Waals surface area (Å²) < 4.78 is 0. The monoisotopic (exact) mass is 245 g/mol. The Morgan fingerprint density at radius 1 is 1.44 bits per heavy atom. The van der Waals surface area contributed by atoms with Gasteiger partial charge in [0.05, 0.1) is 24.1 Å². The van der Waals surface area contributed by atoms with Crippen molar-refractivity contribution in [1.29, 1.82) is 0 Å². The summed E-state index contributed by atoms with van der Waals surface area (Å²) in [6, 6.07) is 4.46. The van der Waals surface area contributed by atoms with Crippen LogP contribution in [0.5, 0.6) is 0 Å². The zero-order valence-electron chi connectivity index (χ0n) is 11.6. The molecule has 0 aromatic carbocycles. The first-order valence-electron chi connectivity index (χ1n) is 6.60. The van der Waals surface area contributed by atoms with E-state index in [1.54, 1.807) is 0 Å². The van der Waals surface area contributed by atoms with Crippen LogP contribution in [0.4, 0.5) is 5.69 Å². The molecule has 3 heteroatoms. The maximum atomic E-state index is 5.35. The van der Waals surface area contributed by atoms with E-state index in [0.717, 1.165) is 30.9 Å². The minimum absolute atomic E-state index is 0.293. The van der Waals surface area contributed by atoms with Gasteiger partial charge >= 0.3 is 0 Å². The molecule has 1 rings (SSSR count). The number of anilines is 1. The topological polar surface area (TPSA) is 28.2 Å². The van der Waals surface area contributed by atoms with Crippen LogP contribution in [0, 0.1) is 12.3 Å². The Labute approximate surface area is 111 Å². The van der Waals surface area contributed by atoms with Crippen LogP contribution in [-0.4, -0.2) is 24.6 Å². The van der Waals surface area contributed by atoms with Crippen molar-refractivity contribution in [3.05, 3.63) is 24.0 Å². The van der Waals surface area contributed by atoms with E-state index in [4.69, 9.17) is 6.42 Å². The van der Waals surface area contributed by atoms with E-state index in [2.05, 4.69) is 54.0 Å². The van der Waals surface area contributed by atoms with E-state index in [1.165, 1.54) is 0 Å². The van der Waals surface area contributed by atoms with Crippen molar-refractivity contribution < 1.29 is 0 Å². The molecule has 1 heterocycles. The van der Waals surface area contributed by atoms with Gasteiger partial charge in [-0.25, -0.2) is 0 Å². The Morgan fingerprint density at radius 3 is 2.72 bits per heavy atom. The third-order valence-electron chi connectivity index (χ3n) is 2.94. The predicted octanol–water partition coefficient (Wildman–Crippen LogP) is 2.60. The number of hydrogen-bond donors (Lipinski definition) is 1. The van der Waals surface area contributed by atoms with Gasteiger partial charge in [-0.2, -0.15) is 0 Å². The quantitative estimate of drug-likeness (QED) is 0.748. The van der Waals surface area contributed by atoms with Crippen LogP contribution in [0.25, 0.3) is 0 Å². The second kappa shape index (κ2) is 7.73. The summed E-state index contributed by atoms with van der Waals surface area (Å²) in [4.78, 5) is 6.64. The van der Waals surface area contributed by atoms with Crippen molar-refractivity contribution in [2.24, 2.45) is 0 Å². The van der Waals surface area contributed by atoms with E-state index in [9.17, 15) is 0 Å². The van der Waals surface area contributed by atoms with Crippen molar-refractivity contribution in [2.45, 2.75) is 33.2 Å². The Morgan fingerprint density at radius 2 is 2.22 bits per heavy atom. The molecule has 0 fully saturated rings.